The summed E-state index contributed by atoms with van der Waals surface area (Å²) in [5.74, 6) is -0.715. The van der Waals surface area contributed by atoms with Crippen LogP contribution in [0.5, 0.6) is 0 Å². The van der Waals surface area contributed by atoms with E-state index in [4.69, 9.17) is 10.2 Å². The minimum Gasteiger partial charge on any atom is -0.465 e. The van der Waals surface area contributed by atoms with E-state index in [1.807, 2.05) is 18.2 Å². The van der Waals surface area contributed by atoms with Gasteiger partial charge in [-0.05, 0) is 48.2 Å². The Hall–Kier alpha value is -4.08. The van der Waals surface area contributed by atoms with Crippen molar-refractivity contribution in [3.05, 3.63) is 60.0 Å². The zero-order valence-corrected chi connectivity index (χ0v) is 17.0. The van der Waals surface area contributed by atoms with E-state index in [1.165, 1.54) is 12.1 Å². The molecule has 0 unspecified atom stereocenters. The number of hydrogen-bond donors (Lipinski definition) is 6. The van der Waals surface area contributed by atoms with Crippen LogP contribution in [0.25, 0.3) is 22.0 Å². The molecule has 0 aliphatic heterocycles. The fraction of sp³-hybridized carbons (Fsp3) is 0.227. The first-order valence-electron chi connectivity index (χ1n) is 9.95. The lowest BCUT2D eigenvalue weighted by atomic mass is 10.0. The Labute approximate surface area is 182 Å². The number of aromatic nitrogens is 1. The van der Waals surface area contributed by atoms with Gasteiger partial charge in [-0.2, -0.15) is 0 Å². The smallest absolute Gasteiger partial charge is 0.404 e. The minimum atomic E-state index is -1.23. The van der Waals surface area contributed by atoms with Crippen LogP contribution in [0.3, 0.4) is 0 Å². The zero-order valence-electron chi connectivity index (χ0n) is 17.0. The molecule has 0 aliphatic carbocycles. The molecule has 10 heteroatoms. The predicted molar refractivity (Wildman–Crippen MR) is 116 cm³/mol. The summed E-state index contributed by atoms with van der Waals surface area (Å²) in [6.07, 6.45) is -0.0616. The van der Waals surface area contributed by atoms with E-state index in [9.17, 15) is 18.8 Å². The molecule has 0 aliphatic rings. The first kappa shape index (κ1) is 22.6. The third kappa shape index (κ3) is 5.97. The Kier molecular flexibility index (Phi) is 7.27. The van der Waals surface area contributed by atoms with Gasteiger partial charge in [0.25, 0.3) is 5.91 Å². The van der Waals surface area contributed by atoms with E-state index in [-0.39, 0.29) is 24.8 Å². The monoisotopic (exact) mass is 442 g/mol. The van der Waals surface area contributed by atoms with Gasteiger partial charge in [0.1, 0.15) is 5.82 Å². The summed E-state index contributed by atoms with van der Waals surface area (Å²) in [7, 11) is 0. The summed E-state index contributed by atoms with van der Waals surface area (Å²) in [4.78, 5) is 37.3. The number of carbonyl (C=O) groups is 3. The van der Waals surface area contributed by atoms with Crippen molar-refractivity contribution in [3.8, 4) is 11.1 Å². The van der Waals surface area contributed by atoms with E-state index in [0.717, 1.165) is 16.6 Å². The Morgan fingerprint density at radius 3 is 2.38 bits per heavy atom. The minimum absolute atomic E-state index is 0.0442. The SMILES string of the molecule is O=C(O)NCCC[C@@H](CNC(=O)c1c[nH]c2ccc(-c3ccc(F)cc3)cc12)NC(=O)O. The number of aromatic amines is 1. The topological polar surface area (TPSA) is 144 Å². The van der Waals surface area contributed by atoms with Gasteiger partial charge in [-0.3, -0.25) is 4.79 Å². The van der Waals surface area contributed by atoms with E-state index in [0.29, 0.717) is 23.8 Å². The number of fused-ring (bicyclic) bond motifs is 1. The second kappa shape index (κ2) is 10.3. The summed E-state index contributed by atoms with van der Waals surface area (Å²) >= 11 is 0. The number of benzene rings is 2. The largest absolute Gasteiger partial charge is 0.465 e. The fourth-order valence-corrected chi connectivity index (χ4v) is 3.39. The van der Waals surface area contributed by atoms with Crippen LogP contribution in [0.1, 0.15) is 23.2 Å². The number of carboxylic acid groups (broad SMARTS) is 2. The summed E-state index contributed by atoms with van der Waals surface area (Å²) in [5.41, 5.74) is 2.77. The van der Waals surface area contributed by atoms with Crippen molar-refractivity contribution in [2.75, 3.05) is 13.1 Å². The van der Waals surface area contributed by atoms with Crippen LogP contribution in [-0.2, 0) is 0 Å². The molecule has 0 spiro atoms. The second-order valence-electron chi connectivity index (χ2n) is 7.20. The number of amides is 3. The molecular weight excluding hydrogens is 419 g/mol. The average molecular weight is 442 g/mol. The van der Waals surface area contributed by atoms with Crippen LogP contribution < -0.4 is 16.0 Å². The lowest BCUT2D eigenvalue weighted by molar-refractivity contribution is 0.0949. The highest BCUT2D eigenvalue weighted by Crippen LogP contribution is 2.26. The van der Waals surface area contributed by atoms with Gasteiger partial charge in [-0.1, -0.05) is 18.2 Å². The van der Waals surface area contributed by atoms with Gasteiger partial charge in [0.15, 0.2) is 0 Å². The quantitative estimate of drug-likeness (QED) is 0.282. The highest BCUT2D eigenvalue weighted by Gasteiger charge is 2.17. The molecule has 3 aromatic rings. The number of halogens is 1. The molecule has 0 fully saturated rings. The number of rotatable bonds is 9. The van der Waals surface area contributed by atoms with Gasteiger partial charge in [0, 0.05) is 36.2 Å². The molecular formula is C22H23FN4O5. The van der Waals surface area contributed by atoms with Crippen molar-refractivity contribution in [2.45, 2.75) is 18.9 Å². The van der Waals surface area contributed by atoms with Crippen molar-refractivity contribution in [1.29, 1.82) is 0 Å². The van der Waals surface area contributed by atoms with E-state index < -0.39 is 18.2 Å². The molecule has 3 amide bonds. The predicted octanol–water partition coefficient (Wildman–Crippen LogP) is 3.39. The molecule has 1 heterocycles. The van der Waals surface area contributed by atoms with Gasteiger partial charge in [-0.15, -0.1) is 0 Å². The standard InChI is InChI=1S/C22H23FN4O5/c23-15-6-3-13(4-7-15)14-5-8-19-17(10-14)18(12-25-19)20(28)26-11-16(27-22(31)32)2-1-9-24-21(29)30/h3-8,10,12,16,24-25,27H,1-2,9,11H2,(H,26,28)(H,29,30)(H,31,32)/t16-/m0/s1. The maximum atomic E-state index is 13.2. The maximum Gasteiger partial charge on any atom is 0.404 e. The van der Waals surface area contributed by atoms with E-state index in [1.54, 1.807) is 18.3 Å². The average Bonchev–Trinajstić information content (AvgIpc) is 3.18. The summed E-state index contributed by atoms with van der Waals surface area (Å²) in [6.45, 7) is 0.220. The number of hydrogen-bond acceptors (Lipinski definition) is 3. The van der Waals surface area contributed by atoms with Gasteiger partial charge in [0.2, 0.25) is 0 Å². The third-order valence-corrected chi connectivity index (χ3v) is 4.95. The summed E-state index contributed by atoms with van der Waals surface area (Å²) in [6, 6.07) is 11.0. The van der Waals surface area contributed by atoms with Gasteiger partial charge in [-0.25, -0.2) is 14.0 Å². The van der Waals surface area contributed by atoms with Gasteiger partial charge < -0.3 is 31.1 Å². The van der Waals surface area contributed by atoms with Crippen LogP contribution >= 0.6 is 0 Å². The maximum absolute atomic E-state index is 13.2. The van der Waals surface area contributed by atoms with Crippen molar-refractivity contribution in [2.24, 2.45) is 0 Å². The van der Waals surface area contributed by atoms with Crippen molar-refractivity contribution >= 4 is 29.0 Å². The molecule has 9 nitrogen and oxygen atoms in total. The van der Waals surface area contributed by atoms with Crippen molar-refractivity contribution < 1.29 is 29.0 Å². The van der Waals surface area contributed by atoms with Crippen molar-refractivity contribution in [1.82, 2.24) is 20.9 Å². The third-order valence-electron chi connectivity index (χ3n) is 4.95. The molecule has 168 valence electrons. The summed E-state index contributed by atoms with van der Waals surface area (Å²) in [5, 5.41) is 25.6. The molecule has 3 rings (SSSR count). The highest BCUT2D eigenvalue weighted by molar-refractivity contribution is 6.07. The molecule has 1 aromatic heterocycles. The zero-order chi connectivity index (χ0) is 23.1. The molecule has 6 N–H and O–H groups in total. The van der Waals surface area contributed by atoms with Crippen LogP contribution in [0, 0.1) is 5.82 Å². The first-order chi connectivity index (χ1) is 15.3. The van der Waals surface area contributed by atoms with E-state index in [2.05, 4.69) is 20.9 Å². The normalized spacial score (nSPS) is 11.7. The molecule has 0 radical (unpaired) electrons. The van der Waals surface area contributed by atoms with Crippen LogP contribution in [0.15, 0.2) is 48.7 Å². The number of H-pyrrole nitrogens is 1. The first-order valence-corrected chi connectivity index (χ1v) is 9.95. The second-order valence-corrected chi connectivity index (χ2v) is 7.20. The van der Waals surface area contributed by atoms with Crippen LogP contribution in [0.2, 0.25) is 0 Å². The summed E-state index contributed by atoms with van der Waals surface area (Å²) < 4.78 is 13.2. The molecule has 32 heavy (non-hydrogen) atoms. The Morgan fingerprint density at radius 1 is 0.969 bits per heavy atom. The lowest BCUT2D eigenvalue weighted by Gasteiger charge is -2.17. The molecule has 2 aromatic carbocycles. The van der Waals surface area contributed by atoms with Gasteiger partial charge in [0.05, 0.1) is 5.56 Å². The molecule has 0 saturated heterocycles. The lowest BCUT2D eigenvalue weighted by Crippen LogP contribution is -2.43. The Morgan fingerprint density at radius 2 is 1.69 bits per heavy atom. The Balaban J connectivity index is 1.69. The fourth-order valence-electron chi connectivity index (χ4n) is 3.39. The molecule has 1 atom stereocenters. The number of nitrogens with one attached hydrogen (secondary N) is 4. The highest BCUT2D eigenvalue weighted by atomic mass is 19.1. The van der Waals surface area contributed by atoms with Crippen LogP contribution in [-0.4, -0.2) is 52.4 Å². The number of carbonyl (C=O) groups excluding carboxylic acids is 1. The Bertz CT molecular complexity index is 1110. The molecule has 0 bridgehead atoms. The van der Waals surface area contributed by atoms with Crippen LogP contribution in [0.4, 0.5) is 14.0 Å². The van der Waals surface area contributed by atoms with Crippen molar-refractivity contribution in [3.63, 3.8) is 0 Å². The molecule has 0 saturated carbocycles. The van der Waals surface area contributed by atoms with E-state index >= 15 is 0 Å². The van der Waals surface area contributed by atoms with Gasteiger partial charge >= 0.3 is 12.2 Å².